The first-order valence-corrected chi connectivity index (χ1v) is 11.8. The summed E-state index contributed by atoms with van der Waals surface area (Å²) in [6, 6.07) is 7.02. The van der Waals surface area contributed by atoms with Crippen LogP contribution in [-0.4, -0.2) is 106 Å². The minimum atomic E-state index is -1.78. The monoisotopic (exact) mass is 524 g/mol. The lowest BCUT2D eigenvalue weighted by molar-refractivity contribution is -0.347. The highest BCUT2D eigenvalue weighted by Gasteiger charge is 2.59. The van der Waals surface area contributed by atoms with E-state index < -0.39 is 79.7 Å². The summed E-state index contributed by atoms with van der Waals surface area (Å²) in [4.78, 5) is 12.6. The minimum Gasteiger partial charge on any atom is -0.497 e. The summed E-state index contributed by atoms with van der Waals surface area (Å²) in [5, 5.41) is 61.0. The van der Waals surface area contributed by atoms with Gasteiger partial charge in [0.25, 0.3) is 0 Å². The van der Waals surface area contributed by atoms with E-state index in [0.717, 1.165) is 5.56 Å². The Labute approximate surface area is 212 Å². The average molecular weight is 525 g/mol. The number of ether oxygens (including phenoxy) is 5. The Morgan fingerprint density at radius 3 is 2.49 bits per heavy atom. The van der Waals surface area contributed by atoms with E-state index in [1.54, 1.807) is 43.5 Å². The summed E-state index contributed by atoms with van der Waals surface area (Å²) >= 11 is 0. The molecule has 1 aliphatic carbocycles. The maximum absolute atomic E-state index is 12.6. The Morgan fingerprint density at radius 1 is 1.11 bits per heavy atom. The molecule has 1 saturated heterocycles. The predicted octanol–water partition coefficient (Wildman–Crippen LogP) is -1.33. The standard InChI is InChI=1S/C25H32O12/c1-33-14-5-2-13(3-6-14)4-7-18(28)35-16-10-25(32,12-27)19-15(16)8-9-34-23(19)37-24-22(31)21(30)20(29)17(11-26)36-24/h2-9,15-17,19-24,26-27,29-32H,10-12H2,1H3/t15-,16+,17+,19+,20+,21-,22+,23-,24-,25+/m0/s1. The zero-order valence-corrected chi connectivity index (χ0v) is 20.1. The molecule has 1 aromatic carbocycles. The fourth-order valence-corrected chi connectivity index (χ4v) is 4.97. The van der Waals surface area contributed by atoms with Gasteiger partial charge in [-0.15, -0.1) is 0 Å². The Bertz CT molecular complexity index is 978. The SMILES string of the molecule is COc1ccc(C=CC(=O)O[C@@H]2C[C@@](O)(CO)[C@H]3[C@H](O[C@@H]4O[C@H](CO)[C@@H](O)[C@H](O)[C@H]4O)OC=C[C@H]32)cc1. The van der Waals surface area contributed by atoms with Crippen LogP contribution >= 0.6 is 0 Å². The van der Waals surface area contributed by atoms with Crippen molar-refractivity contribution in [2.24, 2.45) is 11.8 Å². The molecule has 3 aliphatic rings. The summed E-state index contributed by atoms with van der Waals surface area (Å²) < 4.78 is 27.3. The molecule has 204 valence electrons. The fourth-order valence-electron chi connectivity index (χ4n) is 4.97. The van der Waals surface area contributed by atoms with Crippen molar-refractivity contribution < 1.29 is 59.1 Å². The van der Waals surface area contributed by atoms with Gasteiger partial charge in [-0.3, -0.25) is 0 Å². The molecular formula is C25H32O12. The third-order valence-corrected chi connectivity index (χ3v) is 7.01. The summed E-state index contributed by atoms with van der Waals surface area (Å²) in [6.07, 6.45) is -4.22. The molecule has 12 heteroatoms. The minimum absolute atomic E-state index is 0.122. The molecule has 0 bridgehead atoms. The first-order chi connectivity index (χ1) is 17.7. The van der Waals surface area contributed by atoms with Gasteiger partial charge in [0.05, 0.1) is 32.5 Å². The van der Waals surface area contributed by atoms with Gasteiger partial charge in [-0.25, -0.2) is 4.79 Å². The molecule has 2 aliphatic heterocycles. The van der Waals surface area contributed by atoms with Gasteiger partial charge in [-0.2, -0.15) is 0 Å². The van der Waals surface area contributed by atoms with E-state index in [-0.39, 0.29) is 6.42 Å². The van der Waals surface area contributed by atoms with Crippen LogP contribution in [0.1, 0.15) is 12.0 Å². The third kappa shape index (κ3) is 5.66. The largest absolute Gasteiger partial charge is 0.497 e. The van der Waals surface area contributed by atoms with Gasteiger partial charge in [-0.1, -0.05) is 12.1 Å². The molecule has 10 atom stereocenters. The number of hydrogen-bond donors (Lipinski definition) is 6. The van der Waals surface area contributed by atoms with Crippen LogP contribution in [0.4, 0.5) is 0 Å². The predicted molar refractivity (Wildman–Crippen MR) is 124 cm³/mol. The van der Waals surface area contributed by atoms with Crippen molar-refractivity contribution >= 4 is 12.0 Å². The van der Waals surface area contributed by atoms with E-state index >= 15 is 0 Å². The zero-order valence-electron chi connectivity index (χ0n) is 20.1. The number of esters is 1. The molecular weight excluding hydrogens is 492 g/mol. The number of hydrogen-bond acceptors (Lipinski definition) is 12. The third-order valence-electron chi connectivity index (χ3n) is 7.01. The highest BCUT2D eigenvalue weighted by atomic mass is 16.8. The first-order valence-electron chi connectivity index (χ1n) is 11.8. The molecule has 0 amide bonds. The van der Waals surface area contributed by atoms with Crippen molar-refractivity contribution in [1.82, 2.24) is 0 Å². The Kier molecular flexibility index (Phi) is 8.51. The van der Waals surface area contributed by atoms with E-state index in [0.29, 0.717) is 5.75 Å². The second kappa shape index (κ2) is 11.5. The number of benzene rings is 1. The molecule has 6 N–H and O–H groups in total. The lowest BCUT2D eigenvalue weighted by Crippen LogP contribution is -2.61. The van der Waals surface area contributed by atoms with Gasteiger partial charge < -0.3 is 54.3 Å². The molecule has 4 rings (SSSR count). The quantitative estimate of drug-likeness (QED) is 0.174. The lowest BCUT2D eigenvalue weighted by Gasteiger charge is -2.43. The lowest BCUT2D eigenvalue weighted by atomic mass is 9.84. The van der Waals surface area contributed by atoms with Gasteiger partial charge in [0.1, 0.15) is 41.9 Å². The first kappa shape index (κ1) is 27.5. The van der Waals surface area contributed by atoms with Crippen molar-refractivity contribution in [2.45, 2.75) is 55.1 Å². The highest BCUT2D eigenvalue weighted by molar-refractivity contribution is 5.87. The second-order valence-corrected chi connectivity index (χ2v) is 9.32. The van der Waals surface area contributed by atoms with Crippen molar-refractivity contribution in [3.05, 3.63) is 48.2 Å². The molecule has 0 unspecified atom stereocenters. The molecule has 2 heterocycles. The van der Waals surface area contributed by atoms with Crippen molar-refractivity contribution in [3.63, 3.8) is 0 Å². The molecule has 37 heavy (non-hydrogen) atoms. The van der Waals surface area contributed by atoms with Gasteiger partial charge in [-0.05, 0) is 29.8 Å². The Hall–Kier alpha value is -2.55. The summed E-state index contributed by atoms with van der Waals surface area (Å²) in [5.74, 6) is -1.56. The molecule has 1 saturated carbocycles. The number of carbonyl (C=O) groups excluding carboxylic acids is 1. The maximum Gasteiger partial charge on any atom is 0.331 e. The molecule has 12 nitrogen and oxygen atoms in total. The summed E-state index contributed by atoms with van der Waals surface area (Å²) in [7, 11) is 1.55. The van der Waals surface area contributed by atoms with Crippen molar-refractivity contribution in [3.8, 4) is 5.75 Å². The maximum atomic E-state index is 12.6. The van der Waals surface area contributed by atoms with E-state index in [2.05, 4.69) is 0 Å². The molecule has 2 fully saturated rings. The van der Waals surface area contributed by atoms with Crippen LogP contribution in [-0.2, 0) is 23.7 Å². The van der Waals surface area contributed by atoms with Crippen LogP contribution in [0.5, 0.6) is 5.75 Å². The molecule has 1 aromatic rings. The van der Waals surface area contributed by atoms with Gasteiger partial charge >= 0.3 is 5.97 Å². The van der Waals surface area contributed by atoms with Crippen LogP contribution in [0.2, 0.25) is 0 Å². The number of aliphatic hydroxyl groups excluding tert-OH is 5. The van der Waals surface area contributed by atoms with Crippen LogP contribution in [0, 0.1) is 11.8 Å². The van der Waals surface area contributed by atoms with E-state index in [9.17, 15) is 35.4 Å². The normalized spacial score (nSPS) is 39.3. The number of carbonyl (C=O) groups is 1. The van der Waals surface area contributed by atoms with E-state index in [4.69, 9.17) is 23.7 Å². The van der Waals surface area contributed by atoms with Crippen LogP contribution in [0.3, 0.4) is 0 Å². The number of fused-ring (bicyclic) bond motifs is 1. The van der Waals surface area contributed by atoms with E-state index in [1.807, 2.05) is 0 Å². The van der Waals surface area contributed by atoms with Gasteiger partial charge in [0, 0.05) is 18.4 Å². The van der Waals surface area contributed by atoms with Crippen molar-refractivity contribution in [1.29, 1.82) is 0 Å². The smallest absolute Gasteiger partial charge is 0.331 e. The average Bonchev–Trinajstić information content (AvgIpc) is 3.20. The number of rotatable bonds is 8. The molecule has 0 radical (unpaired) electrons. The zero-order chi connectivity index (χ0) is 26.7. The summed E-state index contributed by atoms with van der Waals surface area (Å²) in [5.41, 5.74) is -1.04. The number of methoxy groups -OCH3 is 1. The highest BCUT2D eigenvalue weighted by Crippen LogP contribution is 2.48. The summed E-state index contributed by atoms with van der Waals surface area (Å²) in [6.45, 7) is -1.35. The fraction of sp³-hybridized carbons (Fsp3) is 0.560. The van der Waals surface area contributed by atoms with Gasteiger partial charge in [0.15, 0.2) is 6.29 Å². The Morgan fingerprint density at radius 2 is 1.84 bits per heavy atom. The van der Waals surface area contributed by atoms with Crippen molar-refractivity contribution in [2.75, 3.05) is 20.3 Å². The van der Waals surface area contributed by atoms with Gasteiger partial charge in [0.2, 0.25) is 6.29 Å². The Balaban J connectivity index is 1.46. The topological polar surface area (TPSA) is 185 Å². The van der Waals surface area contributed by atoms with Crippen LogP contribution < -0.4 is 4.74 Å². The number of aliphatic hydroxyl groups is 6. The second-order valence-electron chi connectivity index (χ2n) is 9.32. The van der Waals surface area contributed by atoms with Crippen LogP contribution in [0.15, 0.2) is 42.7 Å². The van der Waals surface area contributed by atoms with Crippen LogP contribution in [0.25, 0.3) is 6.08 Å². The van der Waals surface area contributed by atoms with E-state index in [1.165, 1.54) is 12.3 Å². The molecule has 0 aromatic heterocycles. The molecule has 0 spiro atoms.